The van der Waals surface area contributed by atoms with Gasteiger partial charge in [0, 0.05) is 19.3 Å². The molecular formula is C17H19N3O6S. The number of rotatable bonds is 5. The summed E-state index contributed by atoms with van der Waals surface area (Å²) < 4.78 is 25.8. The summed E-state index contributed by atoms with van der Waals surface area (Å²) >= 11 is 0. The molecule has 2 heterocycles. The average molecular weight is 393 g/mol. The zero-order chi connectivity index (χ0) is 19.9. The second-order valence-electron chi connectivity index (χ2n) is 6.52. The maximum atomic E-state index is 12.9. The Morgan fingerprint density at radius 3 is 2.11 bits per heavy atom. The van der Waals surface area contributed by atoms with Gasteiger partial charge in [0.1, 0.15) is 11.4 Å². The first-order chi connectivity index (χ1) is 12.6. The van der Waals surface area contributed by atoms with E-state index < -0.39 is 33.1 Å². The van der Waals surface area contributed by atoms with Crippen molar-refractivity contribution in [3.8, 4) is 0 Å². The van der Waals surface area contributed by atoms with Gasteiger partial charge in [-0.05, 0) is 37.6 Å². The summed E-state index contributed by atoms with van der Waals surface area (Å²) in [6.45, 7) is 1.33. The maximum Gasteiger partial charge on any atom is 0.240 e. The van der Waals surface area contributed by atoms with Gasteiger partial charge in [-0.25, -0.2) is 8.42 Å². The number of nitrogens with two attached hydrogens (primary N) is 1. The lowest BCUT2D eigenvalue weighted by atomic mass is 10.2. The Kier molecular flexibility index (Phi) is 4.77. The van der Waals surface area contributed by atoms with Crippen molar-refractivity contribution in [2.24, 2.45) is 5.73 Å². The molecule has 27 heavy (non-hydrogen) atoms. The number of hydrogen-bond donors (Lipinski definition) is 1. The van der Waals surface area contributed by atoms with E-state index in [0.29, 0.717) is 5.69 Å². The highest BCUT2D eigenvalue weighted by Gasteiger charge is 2.43. The first kappa shape index (κ1) is 19.0. The first-order valence-electron chi connectivity index (χ1n) is 8.45. The van der Waals surface area contributed by atoms with Crippen LogP contribution in [0.3, 0.4) is 0 Å². The molecular weight excluding hydrogens is 374 g/mol. The van der Waals surface area contributed by atoms with Crippen molar-refractivity contribution in [2.45, 2.75) is 48.9 Å². The fraction of sp³-hybridized carbons (Fsp3) is 0.412. The molecule has 0 radical (unpaired) electrons. The molecule has 2 fully saturated rings. The van der Waals surface area contributed by atoms with Crippen LogP contribution in [0, 0.1) is 0 Å². The zero-order valence-electron chi connectivity index (χ0n) is 14.6. The van der Waals surface area contributed by atoms with Crippen LogP contribution in [0.2, 0.25) is 0 Å². The molecule has 9 nitrogen and oxygen atoms in total. The Bertz CT molecular complexity index is 908. The van der Waals surface area contributed by atoms with Crippen LogP contribution in [0.15, 0.2) is 29.2 Å². The number of benzene rings is 1. The van der Waals surface area contributed by atoms with Crippen molar-refractivity contribution in [3.63, 3.8) is 0 Å². The number of primary amides is 1. The zero-order valence-corrected chi connectivity index (χ0v) is 15.4. The van der Waals surface area contributed by atoms with Gasteiger partial charge in [0.25, 0.3) is 0 Å². The summed E-state index contributed by atoms with van der Waals surface area (Å²) in [6, 6.07) is 4.34. The second-order valence-corrected chi connectivity index (χ2v) is 8.76. The van der Waals surface area contributed by atoms with Crippen LogP contribution in [0.4, 0.5) is 5.69 Å². The van der Waals surface area contributed by atoms with E-state index in [1.165, 1.54) is 31.2 Å². The molecule has 1 aromatic rings. The molecule has 2 aliphatic heterocycles. The summed E-state index contributed by atoms with van der Waals surface area (Å²) in [4.78, 5) is 49.1. The van der Waals surface area contributed by atoms with E-state index in [-0.39, 0.29) is 42.4 Å². The number of imide groups is 1. The third-order valence-electron chi connectivity index (χ3n) is 4.90. The molecule has 0 aliphatic carbocycles. The van der Waals surface area contributed by atoms with Crippen LogP contribution in [0.25, 0.3) is 0 Å². The van der Waals surface area contributed by atoms with Gasteiger partial charge in [-0.15, -0.1) is 0 Å². The van der Waals surface area contributed by atoms with Crippen molar-refractivity contribution in [2.75, 3.05) is 4.90 Å². The summed E-state index contributed by atoms with van der Waals surface area (Å²) in [5.74, 6) is -1.86. The fourth-order valence-electron chi connectivity index (χ4n) is 3.43. The van der Waals surface area contributed by atoms with Crippen molar-refractivity contribution >= 4 is 39.2 Å². The number of carbonyl (C=O) groups is 4. The molecule has 2 aliphatic rings. The van der Waals surface area contributed by atoms with E-state index >= 15 is 0 Å². The molecule has 2 atom stereocenters. The number of nitrogens with zero attached hydrogens (tertiary/aromatic N) is 2. The topological polar surface area (TPSA) is 135 Å². The van der Waals surface area contributed by atoms with Crippen molar-refractivity contribution in [3.05, 3.63) is 24.3 Å². The number of anilines is 1. The van der Waals surface area contributed by atoms with Gasteiger partial charge < -0.3 is 10.6 Å². The molecule has 0 bridgehead atoms. The summed E-state index contributed by atoms with van der Waals surface area (Å²) in [5.41, 5.74) is 5.58. The summed E-state index contributed by atoms with van der Waals surface area (Å²) in [7, 11) is -3.98. The normalized spacial score (nSPS) is 21.8. The third-order valence-corrected chi connectivity index (χ3v) is 6.95. The van der Waals surface area contributed by atoms with E-state index in [4.69, 9.17) is 5.73 Å². The van der Waals surface area contributed by atoms with Gasteiger partial charge >= 0.3 is 0 Å². The van der Waals surface area contributed by atoms with Gasteiger partial charge in [-0.2, -0.15) is 0 Å². The van der Waals surface area contributed by atoms with E-state index in [9.17, 15) is 27.6 Å². The highest BCUT2D eigenvalue weighted by molar-refractivity contribution is 7.92. The standard InChI is InChI=1S/C17H19N3O6S/c1-10(19-13(17(18)24)6-7-14(19)21)27(25,26)12-4-2-11(3-5-12)20-15(22)8-9-16(20)23/h2-5,10,13H,6-9H2,1H3,(H2,18,24)/t10?,13-/m0/s1. The van der Waals surface area contributed by atoms with Gasteiger partial charge in [-0.3, -0.25) is 24.1 Å². The monoisotopic (exact) mass is 393 g/mol. The van der Waals surface area contributed by atoms with Crippen molar-refractivity contribution in [1.82, 2.24) is 4.90 Å². The van der Waals surface area contributed by atoms with Gasteiger partial charge in [0.2, 0.25) is 23.6 Å². The Balaban J connectivity index is 1.88. The molecule has 144 valence electrons. The van der Waals surface area contributed by atoms with E-state index in [1.54, 1.807) is 0 Å². The van der Waals surface area contributed by atoms with E-state index in [1.807, 2.05) is 0 Å². The molecule has 3 rings (SSSR count). The lowest BCUT2D eigenvalue weighted by molar-refractivity contribution is -0.134. The molecule has 0 saturated carbocycles. The quantitative estimate of drug-likeness (QED) is 0.696. The molecule has 1 unspecified atom stereocenters. The molecule has 10 heteroatoms. The highest BCUT2D eigenvalue weighted by atomic mass is 32.2. The number of hydrogen-bond acceptors (Lipinski definition) is 6. The Hall–Kier alpha value is -2.75. The van der Waals surface area contributed by atoms with Gasteiger partial charge in [0.15, 0.2) is 9.84 Å². The van der Waals surface area contributed by atoms with E-state index in [0.717, 1.165) is 9.80 Å². The Morgan fingerprint density at radius 1 is 1.04 bits per heavy atom. The fourth-order valence-corrected chi connectivity index (χ4v) is 4.91. The largest absolute Gasteiger partial charge is 0.368 e. The number of carbonyl (C=O) groups excluding carboxylic acids is 4. The predicted octanol–water partition coefficient (Wildman–Crippen LogP) is -0.0640. The van der Waals surface area contributed by atoms with Crippen LogP contribution in [-0.4, -0.2) is 48.4 Å². The Labute approximate surface area is 156 Å². The highest BCUT2D eigenvalue weighted by Crippen LogP contribution is 2.29. The minimum absolute atomic E-state index is 0.0611. The van der Waals surface area contributed by atoms with Crippen LogP contribution in [0.5, 0.6) is 0 Å². The van der Waals surface area contributed by atoms with Crippen molar-refractivity contribution in [1.29, 1.82) is 0 Å². The maximum absolute atomic E-state index is 12.9. The molecule has 4 amide bonds. The number of amides is 4. The Morgan fingerprint density at radius 2 is 1.59 bits per heavy atom. The lowest BCUT2D eigenvalue weighted by Crippen LogP contribution is -2.49. The average Bonchev–Trinajstić information content (AvgIpc) is 3.16. The molecule has 2 N–H and O–H groups in total. The molecule has 2 saturated heterocycles. The molecule has 1 aromatic carbocycles. The van der Waals surface area contributed by atoms with Crippen LogP contribution in [0.1, 0.15) is 32.6 Å². The second kappa shape index (κ2) is 6.76. The lowest BCUT2D eigenvalue weighted by Gasteiger charge is -2.29. The SMILES string of the molecule is CC(N1C(=O)CC[C@H]1C(N)=O)S(=O)(=O)c1ccc(N2C(=O)CCC2=O)cc1. The third kappa shape index (κ3) is 3.20. The molecule has 0 spiro atoms. The van der Waals surface area contributed by atoms with Gasteiger partial charge in [-0.1, -0.05) is 0 Å². The predicted molar refractivity (Wildman–Crippen MR) is 93.9 cm³/mol. The number of sulfone groups is 1. The van der Waals surface area contributed by atoms with Crippen LogP contribution < -0.4 is 10.6 Å². The summed E-state index contributed by atoms with van der Waals surface area (Å²) in [5, 5.41) is -1.27. The number of likely N-dealkylation sites (tertiary alicyclic amines) is 1. The van der Waals surface area contributed by atoms with Crippen molar-refractivity contribution < 1.29 is 27.6 Å². The van der Waals surface area contributed by atoms with Crippen LogP contribution in [-0.2, 0) is 29.0 Å². The smallest absolute Gasteiger partial charge is 0.240 e. The first-order valence-corrected chi connectivity index (χ1v) is 9.99. The molecule has 0 aromatic heterocycles. The van der Waals surface area contributed by atoms with E-state index in [2.05, 4.69) is 0 Å². The minimum atomic E-state index is -3.98. The minimum Gasteiger partial charge on any atom is -0.368 e. The van der Waals surface area contributed by atoms with Crippen LogP contribution >= 0.6 is 0 Å². The summed E-state index contributed by atoms with van der Waals surface area (Å²) in [6.07, 6.45) is 0.501. The van der Waals surface area contributed by atoms with Gasteiger partial charge in [0.05, 0.1) is 10.6 Å².